The molecule has 2 amide bonds. The Labute approximate surface area is 179 Å². The van der Waals surface area contributed by atoms with Crippen molar-refractivity contribution in [2.24, 2.45) is 0 Å². The van der Waals surface area contributed by atoms with E-state index in [0.29, 0.717) is 11.3 Å². The van der Waals surface area contributed by atoms with Crippen LogP contribution in [0.1, 0.15) is 28.9 Å². The number of amides is 2. The van der Waals surface area contributed by atoms with Crippen LogP contribution in [0.15, 0.2) is 42.5 Å². The number of nitrogens with zero attached hydrogens (tertiary/aromatic N) is 1. The molecule has 12 heteroatoms. The fraction of sp³-hybridized carbons (Fsp3) is 0.263. The van der Waals surface area contributed by atoms with Crippen molar-refractivity contribution in [2.75, 3.05) is 24.6 Å². The minimum Gasteiger partial charge on any atom is -0.490 e. The second-order valence-electron chi connectivity index (χ2n) is 6.62. The third kappa shape index (κ3) is 6.96. The average molecular weight is 450 g/mol. The summed E-state index contributed by atoms with van der Waals surface area (Å²) in [6.07, 6.45) is 1.03. The normalized spacial score (nSPS) is 11.8. The molecular weight excluding hydrogens is 428 g/mol. The Bertz CT molecular complexity index is 1100. The highest BCUT2D eigenvalue weighted by Crippen LogP contribution is 2.27. The Hall–Kier alpha value is -3.67. The lowest BCUT2D eigenvalue weighted by atomic mass is 10.1. The summed E-state index contributed by atoms with van der Waals surface area (Å²) in [5.41, 5.74) is 0.651. The Balaban J connectivity index is 1.97. The second kappa shape index (κ2) is 9.89. The summed E-state index contributed by atoms with van der Waals surface area (Å²) in [5.74, 6) is -1.14. The summed E-state index contributed by atoms with van der Waals surface area (Å²) >= 11 is 0. The van der Waals surface area contributed by atoms with Gasteiger partial charge in [-0.3, -0.25) is 24.4 Å². The number of rotatable bonds is 9. The number of ether oxygens (including phenoxy) is 1. The van der Waals surface area contributed by atoms with Crippen molar-refractivity contribution in [2.45, 2.75) is 13.0 Å². The number of benzene rings is 2. The van der Waals surface area contributed by atoms with E-state index in [1.54, 1.807) is 31.2 Å². The van der Waals surface area contributed by atoms with Crippen LogP contribution in [0.5, 0.6) is 5.75 Å². The number of carbonyl (C=O) groups excluding carboxylic acids is 2. The van der Waals surface area contributed by atoms with Gasteiger partial charge in [0.15, 0.2) is 5.75 Å². The number of carbonyl (C=O) groups is 2. The van der Waals surface area contributed by atoms with Gasteiger partial charge in [0.2, 0.25) is 15.9 Å². The Morgan fingerprint density at radius 2 is 1.90 bits per heavy atom. The van der Waals surface area contributed by atoms with E-state index >= 15 is 0 Å². The molecule has 0 saturated carbocycles. The first-order valence-corrected chi connectivity index (χ1v) is 10.9. The molecule has 0 spiro atoms. The van der Waals surface area contributed by atoms with E-state index in [1.165, 1.54) is 19.2 Å². The lowest BCUT2D eigenvalue weighted by Gasteiger charge is -2.16. The molecule has 1 atom stereocenters. The van der Waals surface area contributed by atoms with Crippen LogP contribution in [-0.4, -0.2) is 45.1 Å². The first-order valence-electron chi connectivity index (χ1n) is 8.98. The molecule has 0 saturated heterocycles. The number of hydrogen-bond donors (Lipinski definition) is 3. The summed E-state index contributed by atoms with van der Waals surface area (Å²) in [4.78, 5) is 34.8. The smallest absolute Gasteiger partial charge is 0.311 e. The summed E-state index contributed by atoms with van der Waals surface area (Å²) < 4.78 is 29.9. The van der Waals surface area contributed by atoms with E-state index < -0.39 is 32.8 Å². The van der Waals surface area contributed by atoms with E-state index in [0.717, 1.165) is 12.3 Å². The van der Waals surface area contributed by atoms with Gasteiger partial charge in [0.1, 0.15) is 0 Å². The van der Waals surface area contributed by atoms with Crippen LogP contribution in [0.3, 0.4) is 0 Å². The molecule has 11 nitrogen and oxygen atoms in total. The largest absolute Gasteiger partial charge is 0.490 e. The van der Waals surface area contributed by atoms with Crippen molar-refractivity contribution in [1.82, 2.24) is 10.6 Å². The van der Waals surface area contributed by atoms with E-state index in [2.05, 4.69) is 15.4 Å². The molecule has 0 aliphatic heterocycles. The monoisotopic (exact) mass is 450 g/mol. The zero-order valence-corrected chi connectivity index (χ0v) is 17.9. The number of nitro groups is 1. The quantitative estimate of drug-likeness (QED) is 0.387. The lowest BCUT2D eigenvalue weighted by Crippen LogP contribution is -2.38. The molecule has 1 unspecified atom stereocenters. The standard InChI is InChI=1S/C19H22N4O7S/c1-12(13-5-4-6-15(9-13)22-31(3,28)29)21-18(24)11-20-19(25)14-7-8-17(30-2)16(10-14)23(26)27/h4-10,12,22H,11H2,1-3H3,(H,20,25)(H,21,24). The highest BCUT2D eigenvalue weighted by atomic mass is 32.2. The van der Waals surface area contributed by atoms with Crippen molar-refractivity contribution in [3.8, 4) is 5.75 Å². The van der Waals surface area contributed by atoms with Crippen LogP contribution in [0.2, 0.25) is 0 Å². The highest BCUT2D eigenvalue weighted by Gasteiger charge is 2.19. The molecule has 0 bridgehead atoms. The van der Waals surface area contributed by atoms with E-state index in [4.69, 9.17) is 4.74 Å². The molecule has 3 N–H and O–H groups in total. The van der Waals surface area contributed by atoms with Gasteiger partial charge in [0.05, 0.1) is 30.9 Å². The van der Waals surface area contributed by atoms with Gasteiger partial charge in [0.25, 0.3) is 5.91 Å². The topological polar surface area (TPSA) is 157 Å². The first-order chi connectivity index (χ1) is 14.5. The van der Waals surface area contributed by atoms with Gasteiger partial charge < -0.3 is 15.4 Å². The van der Waals surface area contributed by atoms with Crippen LogP contribution in [0.25, 0.3) is 0 Å². The first kappa shape index (κ1) is 23.6. The maximum absolute atomic E-state index is 12.2. The second-order valence-corrected chi connectivity index (χ2v) is 8.36. The molecule has 0 radical (unpaired) electrons. The molecule has 0 aliphatic rings. The molecule has 31 heavy (non-hydrogen) atoms. The van der Waals surface area contributed by atoms with Gasteiger partial charge in [-0.1, -0.05) is 12.1 Å². The number of sulfonamides is 1. The Kier molecular flexibility index (Phi) is 7.53. The molecule has 2 aromatic rings. The SMILES string of the molecule is COc1ccc(C(=O)NCC(=O)NC(C)c2cccc(NS(C)(=O)=O)c2)cc1[N+](=O)[O-]. The van der Waals surface area contributed by atoms with E-state index in [1.807, 2.05) is 0 Å². The van der Waals surface area contributed by atoms with Crippen molar-refractivity contribution < 1.29 is 27.7 Å². The number of methoxy groups -OCH3 is 1. The van der Waals surface area contributed by atoms with Gasteiger partial charge in [-0.25, -0.2) is 8.42 Å². The number of anilines is 1. The maximum atomic E-state index is 12.2. The number of nitro benzene ring substituents is 1. The minimum absolute atomic E-state index is 0.00731. The molecule has 166 valence electrons. The molecule has 0 fully saturated rings. The van der Waals surface area contributed by atoms with Crippen LogP contribution >= 0.6 is 0 Å². The van der Waals surface area contributed by atoms with Crippen molar-refractivity contribution in [1.29, 1.82) is 0 Å². The summed E-state index contributed by atoms with van der Waals surface area (Å²) in [6.45, 7) is 1.34. The van der Waals surface area contributed by atoms with Crippen molar-refractivity contribution in [3.63, 3.8) is 0 Å². The summed E-state index contributed by atoms with van der Waals surface area (Å²) in [6, 6.07) is 9.77. The van der Waals surface area contributed by atoms with E-state index in [-0.39, 0.29) is 23.5 Å². The predicted octanol–water partition coefficient (Wildman–Crippen LogP) is 1.58. The van der Waals surface area contributed by atoms with Gasteiger partial charge in [0, 0.05) is 17.3 Å². The van der Waals surface area contributed by atoms with Crippen LogP contribution in [-0.2, 0) is 14.8 Å². The molecule has 2 aromatic carbocycles. The van der Waals surface area contributed by atoms with Crippen LogP contribution in [0.4, 0.5) is 11.4 Å². The zero-order chi connectivity index (χ0) is 23.2. The summed E-state index contributed by atoms with van der Waals surface area (Å²) in [7, 11) is -2.16. The lowest BCUT2D eigenvalue weighted by molar-refractivity contribution is -0.385. The highest BCUT2D eigenvalue weighted by molar-refractivity contribution is 7.92. The van der Waals surface area contributed by atoms with Crippen LogP contribution in [0, 0.1) is 10.1 Å². The number of hydrogen-bond acceptors (Lipinski definition) is 7. The van der Waals surface area contributed by atoms with Gasteiger partial charge in [-0.15, -0.1) is 0 Å². The molecule has 0 aliphatic carbocycles. The van der Waals surface area contributed by atoms with Crippen LogP contribution < -0.4 is 20.1 Å². The fourth-order valence-electron chi connectivity index (χ4n) is 2.70. The van der Waals surface area contributed by atoms with Gasteiger partial charge in [-0.2, -0.15) is 0 Å². The van der Waals surface area contributed by atoms with Crippen molar-refractivity contribution >= 4 is 33.2 Å². The third-order valence-corrected chi connectivity index (χ3v) is 4.72. The third-order valence-electron chi connectivity index (χ3n) is 4.11. The summed E-state index contributed by atoms with van der Waals surface area (Å²) in [5, 5.41) is 16.1. The average Bonchev–Trinajstić information content (AvgIpc) is 2.70. The predicted molar refractivity (Wildman–Crippen MR) is 113 cm³/mol. The Morgan fingerprint density at radius 1 is 1.19 bits per heavy atom. The molecular formula is C19H22N4O7S. The van der Waals surface area contributed by atoms with Gasteiger partial charge in [-0.05, 0) is 36.8 Å². The minimum atomic E-state index is -3.44. The maximum Gasteiger partial charge on any atom is 0.311 e. The molecule has 0 aromatic heterocycles. The van der Waals surface area contributed by atoms with Gasteiger partial charge >= 0.3 is 5.69 Å². The zero-order valence-electron chi connectivity index (χ0n) is 17.0. The Morgan fingerprint density at radius 3 is 2.52 bits per heavy atom. The van der Waals surface area contributed by atoms with E-state index in [9.17, 15) is 28.1 Å². The number of nitrogens with one attached hydrogen (secondary N) is 3. The molecule has 0 heterocycles. The fourth-order valence-corrected chi connectivity index (χ4v) is 3.25. The van der Waals surface area contributed by atoms with Crippen molar-refractivity contribution in [3.05, 3.63) is 63.7 Å². The molecule has 2 rings (SSSR count).